The lowest BCUT2D eigenvalue weighted by Gasteiger charge is -2.12. The Hall–Kier alpha value is -3.03. The second-order valence-corrected chi connectivity index (χ2v) is 6.41. The van der Waals surface area contributed by atoms with E-state index in [1.165, 1.54) is 31.2 Å². The number of fused-ring (bicyclic) bond motifs is 1. The van der Waals surface area contributed by atoms with E-state index < -0.39 is 18.1 Å². The number of hydrogen-bond donors (Lipinski definition) is 0. The molecule has 0 aliphatic heterocycles. The maximum Gasteiger partial charge on any atom is 0.573 e. The maximum absolute atomic E-state index is 14.2. The molecule has 1 heterocycles. The molecular weight excluding hydrogens is 378 g/mol. The molecule has 148 valence electrons. The minimum atomic E-state index is -4.79. The van der Waals surface area contributed by atoms with Gasteiger partial charge in [0.15, 0.2) is 5.75 Å². The summed E-state index contributed by atoms with van der Waals surface area (Å²) < 4.78 is 62.5. The summed E-state index contributed by atoms with van der Waals surface area (Å²) in [6.07, 6.45) is -4.79. The van der Waals surface area contributed by atoms with Crippen LogP contribution in [0.5, 0.6) is 11.5 Å². The fraction of sp³-hybridized carbons (Fsp3) is 0.250. The highest BCUT2D eigenvalue weighted by atomic mass is 19.4. The van der Waals surface area contributed by atoms with Crippen LogP contribution < -0.4 is 9.47 Å². The molecule has 2 aromatic carbocycles. The van der Waals surface area contributed by atoms with Crippen molar-refractivity contribution < 1.29 is 31.8 Å². The molecule has 0 fully saturated rings. The zero-order valence-corrected chi connectivity index (χ0v) is 15.4. The van der Waals surface area contributed by atoms with Gasteiger partial charge >= 0.3 is 12.3 Å². The third-order valence-corrected chi connectivity index (χ3v) is 4.26. The SMILES string of the molecule is CC(=O)Oc1c(C)n(Cc2cccc(OC(F)(F)F)c2)c2cc(F)c(C)cc12. The average molecular weight is 395 g/mol. The molecule has 0 radical (unpaired) electrons. The number of aromatic nitrogens is 1. The molecule has 0 saturated carbocycles. The van der Waals surface area contributed by atoms with Crippen LogP contribution in [0.15, 0.2) is 36.4 Å². The highest BCUT2D eigenvalue weighted by molar-refractivity contribution is 5.91. The van der Waals surface area contributed by atoms with E-state index in [0.717, 1.165) is 0 Å². The van der Waals surface area contributed by atoms with Gasteiger partial charge in [-0.15, -0.1) is 13.2 Å². The molecule has 0 spiro atoms. The third-order valence-electron chi connectivity index (χ3n) is 4.26. The van der Waals surface area contributed by atoms with Crippen LogP contribution in [0.25, 0.3) is 10.9 Å². The summed E-state index contributed by atoms with van der Waals surface area (Å²) in [4.78, 5) is 11.5. The van der Waals surface area contributed by atoms with E-state index in [0.29, 0.717) is 33.5 Å². The van der Waals surface area contributed by atoms with Crippen molar-refractivity contribution in [3.05, 3.63) is 59.0 Å². The number of esters is 1. The minimum absolute atomic E-state index is 0.140. The van der Waals surface area contributed by atoms with Crippen molar-refractivity contribution in [1.82, 2.24) is 4.57 Å². The Morgan fingerprint density at radius 1 is 1.14 bits per heavy atom. The molecule has 0 bridgehead atoms. The Balaban J connectivity index is 2.08. The van der Waals surface area contributed by atoms with Crippen LogP contribution in [0.1, 0.15) is 23.7 Å². The van der Waals surface area contributed by atoms with Gasteiger partial charge in [-0.25, -0.2) is 4.39 Å². The topological polar surface area (TPSA) is 40.5 Å². The molecule has 4 nitrogen and oxygen atoms in total. The third kappa shape index (κ3) is 4.11. The Kier molecular flexibility index (Phi) is 5.06. The van der Waals surface area contributed by atoms with E-state index in [1.807, 2.05) is 0 Å². The molecule has 1 aromatic heterocycles. The van der Waals surface area contributed by atoms with Crippen molar-refractivity contribution in [2.45, 2.75) is 33.7 Å². The lowest BCUT2D eigenvalue weighted by molar-refractivity contribution is -0.274. The van der Waals surface area contributed by atoms with Crippen LogP contribution in [0, 0.1) is 19.7 Å². The Morgan fingerprint density at radius 2 is 1.86 bits per heavy atom. The molecular formula is C20H17F4NO3. The normalized spacial score (nSPS) is 11.7. The van der Waals surface area contributed by atoms with Gasteiger partial charge in [0, 0.05) is 18.9 Å². The largest absolute Gasteiger partial charge is 0.573 e. The van der Waals surface area contributed by atoms with E-state index in [1.54, 1.807) is 30.5 Å². The molecule has 0 aliphatic carbocycles. The number of alkyl halides is 3. The first-order chi connectivity index (χ1) is 13.0. The first kappa shape index (κ1) is 19.7. The van der Waals surface area contributed by atoms with E-state index in [-0.39, 0.29) is 12.3 Å². The average Bonchev–Trinajstić information content (AvgIpc) is 2.79. The number of halogens is 4. The summed E-state index contributed by atoms with van der Waals surface area (Å²) in [6, 6.07) is 8.43. The van der Waals surface area contributed by atoms with Crippen molar-refractivity contribution in [3.63, 3.8) is 0 Å². The van der Waals surface area contributed by atoms with Crippen LogP contribution in [-0.4, -0.2) is 16.9 Å². The molecule has 0 atom stereocenters. The number of hydrogen-bond acceptors (Lipinski definition) is 3. The fourth-order valence-corrected chi connectivity index (χ4v) is 3.07. The number of ether oxygens (including phenoxy) is 2. The van der Waals surface area contributed by atoms with Gasteiger partial charge in [-0.05, 0) is 49.2 Å². The summed E-state index contributed by atoms with van der Waals surface area (Å²) >= 11 is 0. The lowest BCUT2D eigenvalue weighted by atomic mass is 10.1. The minimum Gasteiger partial charge on any atom is -0.424 e. The lowest BCUT2D eigenvalue weighted by Crippen LogP contribution is -2.17. The van der Waals surface area contributed by atoms with Gasteiger partial charge in [0.25, 0.3) is 0 Å². The van der Waals surface area contributed by atoms with Gasteiger partial charge in [-0.1, -0.05) is 12.1 Å². The quantitative estimate of drug-likeness (QED) is 0.446. The smallest absolute Gasteiger partial charge is 0.424 e. The van der Waals surface area contributed by atoms with Crippen LogP contribution >= 0.6 is 0 Å². The standard InChI is InChI=1S/C20H17F4NO3/c1-11-7-16-18(9-17(11)21)25(12(2)19(16)27-13(3)26)10-14-5-4-6-15(8-14)28-20(22,23)24/h4-9H,10H2,1-3H3. The number of carbonyl (C=O) groups is 1. The van der Waals surface area contributed by atoms with Crippen molar-refractivity contribution in [1.29, 1.82) is 0 Å². The van der Waals surface area contributed by atoms with Crippen molar-refractivity contribution in [2.24, 2.45) is 0 Å². The molecule has 3 aromatic rings. The van der Waals surface area contributed by atoms with Crippen molar-refractivity contribution >= 4 is 16.9 Å². The van der Waals surface area contributed by atoms with Gasteiger partial charge < -0.3 is 14.0 Å². The number of rotatable bonds is 4. The van der Waals surface area contributed by atoms with Gasteiger partial charge in [0.05, 0.1) is 11.2 Å². The highest BCUT2D eigenvalue weighted by Crippen LogP contribution is 2.35. The van der Waals surface area contributed by atoms with Gasteiger partial charge in [-0.3, -0.25) is 4.79 Å². The molecule has 0 amide bonds. The monoisotopic (exact) mass is 395 g/mol. The first-order valence-electron chi connectivity index (χ1n) is 8.37. The predicted molar refractivity (Wildman–Crippen MR) is 94.9 cm³/mol. The highest BCUT2D eigenvalue weighted by Gasteiger charge is 2.31. The van der Waals surface area contributed by atoms with E-state index in [4.69, 9.17) is 4.74 Å². The van der Waals surface area contributed by atoms with Crippen LogP contribution in [-0.2, 0) is 11.3 Å². The van der Waals surface area contributed by atoms with Crippen molar-refractivity contribution in [3.8, 4) is 11.5 Å². The Bertz CT molecular complexity index is 1050. The molecule has 3 rings (SSSR count). The van der Waals surface area contributed by atoms with E-state index in [9.17, 15) is 22.4 Å². The second kappa shape index (κ2) is 7.18. The number of nitrogens with zero attached hydrogens (tertiary/aromatic N) is 1. The van der Waals surface area contributed by atoms with E-state index >= 15 is 0 Å². The Labute approximate surface area is 158 Å². The fourth-order valence-electron chi connectivity index (χ4n) is 3.07. The molecule has 0 aliphatic rings. The molecule has 0 N–H and O–H groups in total. The molecule has 0 unspecified atom stereocenters. The predicted octanol–water partition coefficient (Wildman–Crippen LogP) is 5.27. The number of benzene rings is 2. The van der Waals surface area contributed by atoms with Crippen molar-refractivity contribution in [2.75, 3.05) is 0 Å². The van der Waals surface area contributed by atoms with Gasteiger partial charge in [0.1, 0.15) is 11.6 Å². The first-order valence-corrected chi connectivity index (χ1v) is 8.37. The summed E-state index contributed by atoms with van der Waals surface area (Å²) in [7, 11) is 0. The van der Waals surface area contributed by atoms with Crippen LogP contribution in [0.2, 0.25) is 0 Å². The van der Waals surface area contributed by atoms with E-state index in [2.05, 4.69) is 4.74 Å². The van der Waals surface area contributed by atoms with Crippen LogP contribution in [0.4, 0.5) is 17.6 Å². The second-order valence-electron chi connectivity index (χ2n) is 6.41. The molecule has 8 heteroatoms. The number of aryl methyl sites for hydroxylation is 1. The Morgan fingerprint density at radius 3 is 2.50 bits per heavy atom. The molecule has 0 saturated heterocycles. The van der Waals surface area contributed by atoms with Gasteiger partial charge in [0.2, 0.25) is 0 Å². The number of carbonyl (C=O) groups excluding carboxylic acids is 1. The summed E-state index contributed by atoms with van der Waals surface area (Å²) in [5, 5.41) is 0.550. The zero-order chi connectivity index (χ0) is 20.6. The zero-order valence-electron chi connectivity index (χ0n) is 15.4. The summed E-state index contributed by atoms with van der Waals surface area (Å²) in [5.41, 5.74) is 1.92. The summed E-state index contributed by atoms with van der Waals surface area (Å²) in [6.45, 7) is 4.69. The maximum atomic E-state index is 14.2. The van der Waals surface area contributed by atoms with Gasteiger partial charge in [-0.2, -0.15) is 0 Å². The van der Waals surface area contributed by atoms with Crippen LogP contribution in [0.3, 0.4) is 0 Å². The molecule has 28 heavy (non-hydrogen) atoms. The summed E-state index contributed by atoms with van der Waals surface area (Å²) in [5.74, 6) is -1.01.